The highest BCUT2D eigenvalue weighted by Crippen LogP contribution is 2.30. The first-order valence-corrected chi connectivity index (χ1v) is 10.2. The van der Waals surface area contributed by atoms with Crippen molar-refractivity contribution in [3.63, 3.8) is 0 Å². The standard InChI is InChI=1S/C22H21N3O2S/c26-19(25-22-24-18-12-7-13-23-21(27)20(18)28-22)14-17(15-8-3-1-4-9-15)16-10-5-2-6-11-16/h1-6,8-11,17H,7,12-14H2,(H,23,27)(H,24,25,26). The van der Waals surface area contributed by atoms with Crippen LogP contribution in [-0.4, -0.2) is 23.3 Å². The smallest absolute Gasteiger partial charge is 0.263 e. The quantitative estimate of drug-likeness (QED) is 0.691. The van der Waals surface area contributed by atoms with Crippen molar-refractivity contribution in [2.75, 3.05) is 11.9 Å². The highest BCUT2D eigenvalue weighted by atomic mass is 32.1. The summed E-state index contributed by atoms with van der Waals surface area (Å²) in [6.07, 6.45) is 1.92. The lowest BCUT2D eigenvalue weighted by Crippen LogP contribution is -2.21. The van der Waals surface area contributed by atoms with Gasteiger partial charge in [0.1, 0.15) is 4.88 Å². The maximum atomic E-state index is 12.8. The predicted molar refractivity (Wildman–Crippen MR) is 111 cm³/mol. The molecule has 0 atom stereocenters. The lowest BCUT2D eigenvalue weighted by Gasteiger charge is -2.17. The number of fused-ring (bicyclic) bond motifs is 1. The molecule has 0 bridgehead atoms. The predicted octanol–water partition coefficient (Wildman–Crippen LogP) is 3.98. The third-order valence-corrected chi connectivity index (χ3v) is 5.83. The Labute approximate surface area is 167 Å². The van der Waals surface area contributed by atoms with E-state index in [9.17, 15) is 9.59 Å². The van der Waals surface area contributed by atoms with Gasteiger partial charge in [-0.05, 0) is 24.0 Å². The first-order valence-electron chi connectivity index (χ1n) is 9.38. The van der Waals surface area contributed by atoms with Gasteiger partial charge in [0.15, 0.2) is 5.13 Å². The molecule has 2 amide bonds. The van der Waals surface area contributed by atoms with Crippen LogP contribution < -0.4 is 10.6 Å². The minimum atomic E-state index is -0.109. The number of hydrogen-bond donors (Lipinski definition) is 2. The molecule has 1 aromatic heterocycles. The van der Waals surface area contributed by atoms with Gasteiger partial charge in [0, 0.05) is 18.9 Å². The fraction of sp³-hybridized carbons (Fsp3) is 0.227. The van der Waals surface area contributed by atoms with Gasteiger partial charge < -0.3 is 10.6 Å². The Kier molecular flexibility index (Phi) is 5.48. The molecule has 5 nitrogen and oxygen atoms in total. The number of rotatable bonds is 5. The number of benzene rings is 2. The van der Waals surface area contributed by atoms with Crippen molar-refractivity contribution in [1.29, 1.82) is 0 Å². The van der Waals surface area contributed by atoms with E-state index < -0.39 is 0 Å². The number of hydrogen-bond acceptors (Lipinski definition) is 4. The number of nitrogens with zero attached hydrogens (tertiary/aromatic N) is 1. The number of aromatic nitrogens is 1. The van der Waals surface area contributed by atoms with Crippen LogP contribution in [0.3, 0.4) is 0 Å². The van der Waals surface area contributed by atoms with Crippen LogP contribution in [0.2, 0.25) is 0 Å². The number of amides is 2. The summed E-state index contributed by atoms with van der Waals surface area (Å²) >= 11 is 1.25. The summed E-state index contributed by atoms with van der Waals surface area (Å²) in [5, 5.41) is 6.25. The van der Waals surface area contributed by atoms with E-state index in [1.807, 2.05) is 60.7 Å². The SMILES string of the molecule is O=C(CC(c1ccccc1)c1ccccc1)Nc1nc2c(s1)C(=O)NCCC2. The first-order chi connectivity index (χ1) is 13.7. The molecule has 0 fully saturated rings. The van der Waals surface area contributed by atoms with E-state index in [1.165, 1.54) is 11.3 Å². The molecule has 1 aliphatic heterocycles. The van der Waals surface area contributed by atoms with E-state index in [1.54, 1.807) is 0 Å². The number of carbonyl (C=O) groups is 2. The molecule has 0 radical (unpaired) electrons. The summed E-state index contributed by atoms with van der Waals surface area (Å²) in [6.45, 7) is 0.666. The molecule has 2 N–H and O–H groups in total. The van der Waals surface area contributed by atoms with Crippen molar-refractivity contribution in [2.45, 2.75) is 25.2 Å². The zero-order valence-corrected chi connectivity index (χ0v) is 16.2. The van der Waals surface area contributed by atoms with Gasteiger partial charge in [0.05, 0.1) is 5.69 Å². The van der Waals surface area contributed by atoms with E-state index >= 15 is 0 Å². The van der Waals surface area contributed by atoms with Gasteiger partial charge in [-0.2, -0.15) is 0 Å². The average Bonchev–Trinajstić information content (AvgIpc) is 3.05. The van der Waals surface area contributed by atoms with E-state index in [0.717, 1.165) is 29.7 Å². The zero-order valence-electron chi connectivity index (χ0n) is 15.4. The normalized spacial score (nSPS) is 13.5. The second-order valence-electron chi connectivity index (χ2n) is 6.78. The van der Waals surface area contributed by atoms with Crippen molar-refractivity contribution in [2.24, 2.45) is 0 Å². The largest absolute Gasteiger partial charge is 0.351 e. The Morgan fingerprint density at radius 3 is 2.36 bits per heavy atom. The van der Waals surface area contributed by atoms with Gasteiger partial charge in [-0.15, -0.1) is 0 Å². The second-order valence-corrected chi connectivity index (χ2v) is 7.78. The third-order valence-electron chi connectivity index (χ3n) is 4.82. The fourth-order valence-electron chi connectivity index (χ4n) is 3.44. The minimum absolute atomic E-state index is 0.0384. The molecule has 2 aromatic carbocycles. The fourth-order valence-corrected chi connectivity index (χ4v) is 4.39. The lowest BCUT2D eigenvalue weighted by molar-refractivity contribution is -0.116. The topological polar surface area (TPSA) is 71.1 Å². The molecular weight excluding hydrogens is 370 g/mol. The number of anilines is 1. The van der Waals surface area contributed by atoms with Crippen LogP contribution in [0, 0.1) is 0 Å². The Balaban J connectivity index is 1.53. The van der Waals surface area contributed by atoms with Gasteiger partial charge in [-0.1, -0.05) is 72.0 Å². The van der Waals surface area contributed by atoms with Crippen LogP contribution in [0.25, 0.3) is 0 Å². The lowest BCUT2D eigenvalue weighted by atomic mass is 9.88. The van der Waals surface area contributed by atoms with E-state index in [-0.39, 0.29) is 17.7 Å². The molecule has 2 heterocycles. The molecule has 28 heavy (non-hydrogen) atoms. The van der Waals surface area contributed by atoms with Crippen LogP contribution in [-0.2, 0) is 11.2 Å². The first kappa shape index (κ1) is 18.4. The van der Waals surface area contributed by atoms with Crippen LogP contribution in [0.15, 0.2) is 60.7 Å². The van der Waals surface area contributed by atoms with Gasteiger partial charge in [0.2, 0.25) is 5.91 Å². The summed E-state index contributed by atoms with van der Waals surface area (Å²) in [5.74, 6) is -0.248. The summed E-state index contributed by atoms with van der Waals surface area (Å²) in [6, 6.07) is 20.1. The average molecular weight is 391 g/mol. The van der Waals surface area contributed by atoms with Crippen LogP contribution in [0.1, 0.15) is 45.3 Å². The highest BCUT2D eigenvalue weighted by molar-refractivity contribution is 7.17. The molecule has 3 aromatic rings. The third kappa shape index (κ3) is 4.12. The monoisotopic (exact) mass is 391 g/mol. The molecule has 0 aliphatic carbocycles. The molecule has 0 saturated carbocycles. The number of carbonyl (C=O) groups excluding carboxylic acids is 2. The second kappa shape index (κ2) is 8.35. The van der Waals surface area contributed by atoms with Crippen LogP contribution in [0.5, 0.6) is 0 Å². The molecule has 4 rings (SSSR count). The van der Waals surface area contributed by atoms with Crippen LogP contribution in [0.4, 0.5) is 5.13 Å². The summed E-state index contributed by atoms with van der Waals surface area (Å²) < 4.78 is 0. The van der Waals surface area contributed by atoms with Crippen molar-refractivity contribution < 1.29 is 9.59 Å². The molecule has 6 heteroatoms. The van der Waals surface area contributed by atoms with Gasteiger partial charge in [-0.3, -0.25) is 9.59 Å². The van der Waals surface area contributed by atoms with E-state index in [0.29, 0.717) is 23.0 Å². The number of aryl methyl sites for hydroxylation is 1. The molecule has 0 saturated heterocycles. The van der Waals surface area contributed by atoms with Crippen molar-refractivity contribution in [1.82, 2.24) is 10.3 Å². The van der Waals surface area contributed by atoms with Crippen molar-refractivity contribution in [3.8, 4) is 0 Å². The molecule has 0 unspecified atom stereocenters. The summed E-state index contributed by atoms with van der Waals surface area (Å²) in [4.78, 5) is 30.0. The van der Waals surface area contributed by atoms with Gasteiger partial charge in [-0.25, -0.2) is 4.98 Å². The molecule has 142 valence electrons. The molecule has 0 spiro atoms. The van der Waals surface area contributed by atoms with E-state index in [2.05, 4.69) is 15.6 Å². The maximum absolute atomic E-state index is 12.8. The Morgan fingerprint density at radius 1 is 1.07 bits per heavy atom. The van der Waals surface area contributed by atoms with Crippen molar-refractivity contribution in [3.05, 3.63) is 82.4 Å². The number of thiazole rings is 1. The zero-order chi connectivity index (χ0) is 19.3. The maximum Gasteiger partial charge on any atom is 0.263 e. The minimum Gasteiger partial charge on any atom is -0.351 e. The summed E-state index contributed by atoms with van der Waals surface area (Å²) in [5.41, 5.74) is 2.97. The molecule has 1 aliphatic rings. The number of nitrogens with one attached hydrogen (secondary N) is 2. The van der Waals surface area contributed by atoms with Gasteiger partial charge in [0.25, 0.3) is 5.91 Å². The summed E-state index contributed by atoms with van der Waals surface area (Å²) in [7, 11) is 0. The van der Waals surface area contributed by atoms with Crippen molar-refractivity contribution >= 4 is 28.3 Å². The molecular formula is C22H21N3O2S. The van der Waals surface area contributed by atoms with Gasteiger partial charge >= 0.3 is 0 Å². The van der Waals surface area contributed by atoms with E-state index in [4.69, 9.17) is 0 Å². The Morgan fingerprint density at radius 2 is 1.71 bits per heavy atom. The highest BCUT2D eigenvalue weighted by Gasteiger charge is 2.23. The van der Waals surface area contributed by atoms with Crippen LogP contribution >= 0.6 is 11.3 Å². The Hall–Kier alpha value is -2.99. The Bertz CT molecular complexity index is 930.